The fraction of sp³-hybridized carbons (Fsp3) is 0.0417. The van der Waals surface area contributed by atoms with E-state index in [1.54, 1.807) is 18.4 Å². The molecule has 0 N–H and O–H groups in total. The molecular formula is C24H17BrClN3OS. The zero-order chi connectivity index (χ0) is 21.8. The van der Waals surface area contributed by atoms with Gasteiger partial charge in [-0.15, -0.1) is 0 Å². The predicted molar refractivity (Wildman–Crippen MR) is 134 cm³/mol. The molecule has 0 spiro atoms. The number of amides is 1. The lowest BCUT2D eigenvalue weighted by Gasteiger charge is -2.11. The van der Waals surface area contributed by atoms with Crippen LogP contribution in [-0.4, -0.2) is 17.1 Å². The highest BCUT2D eigenvalue weighted by Gasteiger charge is 2.17. The smallest absolute Gasteiger partial charge is 0.267 e. The van der Waals surface area contributed by atoms with E-state index in [-0.39, 0.29) is 5.91 Å². The van der Waals surface area contributed by atoms with E-state index < -0.39 is 0 Å². The molecule has 0 bridgehead atoms. The number of benzene rings is 3. The number of aryl methyl sites for hydroxylation is 1. The number of halogens is 2. The second-order valence-electron chi connectivity index (χ2n) is 6.77. The van der Waals surface area contributed by atoms with Crippen LogP contribution in [0.2, 0.25) is 5.02 Å². The Bertz CT molecular complexity index is 1300. The largest absolute Gasteiger partial charge is 0.273 e. The maximum absolute atomic E-state index is 13.1. The highest BCUT2D eigenvalue weighted by molar-refractivity contribution is 9.10. The van der Waals surface area contributed by atoms with E-state index in [2.05, 4.69) is 32.1 Å². The van der Waals surface area contributed by atoms with Gasteiger partial charge in [-0.05, 0) is 60.0 Å². The molecule has 4 aromatic rings. The third-order valence-corrected chi connectivity index (χ3v) is 6.29. The van der Waals surface area contributed by atoms with Crippen molar-refractivity contribution in [1.82, 2.24) is 4.98 Å². The SMILES string of the molecule is Cc1ccc2nc(N(/N=C/c3ccc(Br)cc3)C(=O)/C=C/c3ccccc3Cl)sc2c1. The van der Waals surface area contributed by atoms with Crippen LogP contribution in [0.25, 0.3) is 16.3 Å². The average Bonchev–Trinajstić information content (AvgIpc) is 3.17. The Morgan fingerprint density at radius 1 is 1.13 bits per heavy atom. The lowest BCUT2D eigenvalue weighted by molar-refractivity contribution is -0.114. The molecule has 0 saturated carbocycles. The lowest BCUT2D eigenvalue weighted by atomic mass is 10.2. The van der Waals surface area contributed by atoms with E-state index >= 15 is 0 Å². The van der Waals surface area contributed by atoms with Crippen molar-refractivity contribution in [2.45, 2.75) is 6.92 Å². The highest BCUT2D eigenvalue weighted by atomic mass is 79.9. The monoisotopic (exact) mass is 509 g/mol. The van der Waals surface area contributed by atoms with Crippen LogP contribution >= 0.6 is 38.9 Å². The Kier molecular flexibility index (Phi) is 6.61. The first-order chi connectivity index (χ1) is 15.0. The van der Waals surface area contributed by atoms with Gasteiger partial charge in [-0.1, -0.05) is 75.3 Å². The minimum atomic E-state index is -0.316. The first-order valence-electron chi connectivity index (χ1n) is 9.43. The second kappa shape index (κ2) is 9.56. The standard InChI is InChI=1S/C24H17BrClN3OS/c1-16-6-12-21-22(14-16)31-24(28-21)29(27-15-17-7-10-19(25)11-8-17)23(30)13-9-18-4-2-3-5-20(18)26/h2-15H,1H3/b13-9+,27-15+. The van der Waals surface area contributed by atoms with Gasteiger partial charge in [0.1, 0.15) is 0 Å². The molecule has 1 amide bonds. The third kappa shape index (κ3) is 5.28. The van der Waals surface area contributed by atoms with Crippen molar-refractivity contribution in [3.63, 3.8) is 0 Å². The summed E-state index contributed by atoms with van der Waals surface area (Å²) < 4.78 is 1.98. The molecule has 1 aromatic heterocycles. The molecule has 0 aliphatic rings. The molecule has 0 fully saturated rings. The minimum Gasteiger partial charge on any atom is -0.267 e. The summed E-state index contributed by atoms with van der Waals surface area (Å²) in [6.07, 6.45) is 4.78. The minimum absolute atomic E-state index is 0.316. The fourth-order valence-electron chi connectivity index (χ4n) is 2.83. The molecule has 0 atom stereocenters. The van der Waals surface area contributed by atoms with Crippen LogP contribution in [-0.2, 0) is 4.79 Å². The second-order valence-corrected chi connectivity index (χ2v) is 9.10. The van der Waals surface area contributed by atoms with Crippen LogP contribution in [0.1, 0.15) is 16.7 Å². The van der Waals surface area contributed by atoms with E-state index in [0.717, 1.165) is 31.4 Å². The zero-order valence-corrected chi connectivity index (χ0v) is 19.7. The van der Waals surface area contributed by atoms with Gasteiger partial charge in [-0.3, -0.25) is 4.79 Å². The first-order valence-corrected chi connectivity index (χ1v) is 11.4. The van der Waals surface area contributed by atoms with Crippen molar-refractivity contribution in [2.75, 3.05) is 5.01 Å². The van der Waals surface area contributed by atoms with Gasteiger partial charge in [0.15, 0.2) is 0 Å². The van der Waals surface area contributed by atoms with Gasteiger partial charge in [-0.2, -0.15) is 10.1 Å². The summed E-state index contributed by atoms with van der Waals surface area (Å²) in [4.78, 5) is 17.7. The van der Waals surface area contributed by atoms with Gasteiger partial charge in [0.25, 0.3) is 5.91 Å². The molecule has 0 radical (unpaired) electrons. The van der Waals surface area contributed by atoms with Crippen LogP contribution in [0.15, 0.2) is 82.4 Å². The van der Waals surface area contributed by atoms with Gasteiger partial charge in [0.2, 0.25) is 5.13 Å². The van der Waals surface area contributed by atoms with Gasteiger partial charge < -0.3 is 0 Å². The predicted octanol–water partition coefficient (Wildman–Crippen LogP) is 7.10. The Morgan fingerprint density at radius 2 is 1.90 bits per heavy atom. The molecule has 4 rings (SSSR count). The van der Waals surface area contributed by atoms with E-state index in [1.165, 1.54) is 22.4 Å². The summed E-state index contributed by atoms with van der Waals surface area (Å²) in [6.45, 7) is 2.03. The summed E-state index contributed by atoms with van der Waals surface area (Å²) in [6, 6.07) is 21.0. The molecule has 0 aliphatic carbocycles. The average molecular weight is 511 g/mol. The Hall–Kier alpha value is -2.80. The summed E-state index contributed by atoms with van der Waals surface area (Å²) in [5.41, 5.74) is 3.59. The number of rotatable bonds is 5. The van der Waals surface area contributed by atoms with Crippen molar-refractivity contribution >= 4 is 72.4 Å². The molecule has 4 nitrogen and oxygen atoms in total. The van der Waals surface area contributed by atoms with E-state index in [4.69, 9.17) is 11.6 Å². The number of carbonyl (C=O) groups is 1. The third-order valence-electron chi connectivity index (χ3n) is 4.43. The van der Waals surface area contributed by atoms with Crippen molar-refractivity contribution in [3.05, 3.63) is 99.0 Å². The van der Waals surface area contributed by atoms with Crippen molar-refractivity contribution < 1.29 is 4.79 Å². The number of carbonyl (C=O) groups excluding carboxylic acids is 1. The number of thiazole rings is 1. The fourth-order valence-corrected chi connectivity index (χ4v) is 4.32. The van der Waals surface area contributed by atoms with Crippen molar-refractivity contribution in [1.29, 1.82) is 0 Å². The number of aromatic nitrogens is 1. The van der Waals surface area contributed by atoms with Gasteiger partial charge in [-0.25, -0.2) is 4.98 Å². The number of fused-ring (bicyclic) bond motifs is 1. The van der Waals surface area contributed by atoms with Crippen LogP contribution in [0, 0.1) is 6.92 Å². The molecule has 31 heavy (non-hydrogen) atoms. The summed E-state index contributed by atoms with van der Waals surface area (Å²) in [5.74, 6) is -0.316. The van der Waals surface area contributed by atoms with Gasteiger partial charge in [0, 0.05) is 15.6 Å². The van der Waals surface area contributed by atoms with Crippen LogP contribution in [0.5, 0.6) is 0 Å². The topological polar surface area (TPSA) is 45.6 Å². The van der Waals surface area contributed by atoms with E-state index in [0.29, 0.717) is 10.2 Å². The van der Waals surface area contributed by atoms with Crippen LogP contribution in [0.4, 0.5) is 5.13 Å². The quantitative estimate of drug-likeness (QED) is 0.163. The number of hydrogen-bond acceptors (Lipinski definition) is 4. The summed E-state index contributed by atoms with van der Waals surface area (Å²) in [5, 5.41) is 6.85. The number of hydrazone groups is 1. The lowest BCUT2D eigenvalue weighted by Crippen LogP contribution is -2.23. The van der Waals surface area contributed by atoms with Gasteiger partial charge in [0.05, 0.1) is 16.4 Å². The maximum Gasteiger partial charge on any atom is 0.273 e. The van der Waals surface area contributed by atoms with Crippen molar-refractivity contribution in [3.8, 4) is 0 Å². The number of hydrogen-bond donors (Lipinski definition) is 0. The van der Waals surface area contributed by atoms with E-state index in [1.807, 2.05) is 61.5 Å². The molecule has 3 aromatic carbocycles. The number of nitrogens with zero attached hydrogens (tertiary/aromatic N) is 3. The molecule has 0 aliphatic heterocycles. The molecule has 0 saturated heterocycles. The summed E-state index contributed by atoms with van der Waals surface area (Å²) >= 11 is 11.1. The number of anilines is 1. The Morgan fingerprint density at radius 3 is 2.68 bits per heavy atom. The normalized spacial score (nSPS) is 11.6. The van der Waals surface area contributed by atoms with Crippen LogP contribution in [0.3, 0.4) is 0 Å². The maximum atomic E-state index is 13.1. The first kappa shape index (κ1) is 21.4. The molecule has 0 unspecified atom stereocenters. The molecule has 1 heterocycles. The molecular weight excluding hydrogens is 494 g/mol. The van der Waals surface area contributed by atoms with Crippen LogP contribution < -0.4 is 5.01 Å². The zero-order valence-electron chi connectivity index (χ0n) is 16.5. The highest BCUT2D eigenvalue weighted by Crippen LogP contribution is 2.30. The summed E-state index contributed by atoms with van der Waals surface area (Å²) in [7, 11) is 0. The van der Waals surface area contributed by atoms with E-state index in [9.17, 15) is 4.79 Å². The van der Waals surface area contributed by atoms with Crippen molar-refractivity contribution in [2.24, 2.45) is 5.10 Å². The van der Waals surface area contributed by atoms with Gasteiger partial charge >= 0.3 is 0 Å². The Labute approximate surface area is 197 Å². The molecule has 154 valence electrons. The molecule has 7 heteroatoms. The Balaban J connectivity index is 1.69.